The standard InChI is InChI=1S/C19H18BrCl2N3O5S/c1-28-6-7-29-15-4-2-11(20)8-13(15)18(27)23-19(31)25-24-17(26)10-30-16-5-3-12(21)9-14(16)22/h2-5,8-9H,6-7,10H2,1H3,(H,24,26)(H2,23,25,27,31). The van der Waals surface area contributed by atoms with Crippen molar-refractivity contribution in [1.29, 1.82) is 0 Å². The minimum atomic E-state index is -0.548. The monoisotopic (exact) mass is 549 g/mol. The number of benzene rings is 2. The molecule has 0 heterocycles. The molecule has 31 heavy (non-hydrogen) atoms. The smallest absolute Gasteiger partial charge is 0.276 e. The van der Waals surface area contributed by atoms with Crippen LogP contribution in [-0.2, 0) is 9.53 Å². The van der Waals surface area contributed by atoms with Crippen molar-refractivity contribution in [1.82, 2.24) is 16.2 Å². The molecule has 0 aromatic heterocycles. The molecule has 0 aliphatic heterocycles. The summed E-state index contributed by atoms with van der Waals surface area (Å²) in [5.41, 5.74) is 4.99. The first-order valence-electron chi connectivity index (χ1n) is 8.69. The number of rotatable bonds is 8. The van der Waals surface area contributed by atoms with Crippen molar-refractivity contribution in [2.45, 2.75) is 0 Å². The molecule has 166 valence electrons. The topological polar surface area (TPSA) is 97.9 Å². The normalized spacial score (nSPS) is 10.2. The van der Waals surface area contributed by atoms with Crippen LogP contribution < -0.4 is 25.6 Å². The highest BCUT2D eigenvalue weighted by Gasteiger charge is 2.15. The van der Waals surface area contributed by atoms with E-state index in [1.807, 2.05) is 0 Å². The van der Waals surface area contributed by atoms with E-state index in [0.29, 0.717) is 27.6 Å². The number of halogens is 3. The first-order valence-corrected chi connectivity index (χ1v) is 10.6. The Hall–Kier alpha value is -2.11. The molecule has 0 saturated carbocycles. The molecule has 0 bridgehead atoms. The molecule has 0 saturated heterocycles. The van der Waals surface area contributed by atoms with Gasteiger partial charge in [-0.2, -0.15) is 0 Å². The number of thiocarbonyl (C=S) groups is 1. The van der Waals surface area contributed by atoms with Crippen LogP contribution in [0.15, 0.2) is 40.9 Å². The molecule has 0 spiro atoms. The summed E-state index contributed by atoms with van der Waals surface area (Å²) in [5.74, 6) is -0.413. The number of amides is 2. The van der Waals surface area contributed by atoms with E-state index in [2.05, 4.69) is 32.1 Å². The van der Waals surface area contributed by atoms with Crippen molar-refractivity contribution < 1.29 is 23.8 Å². The first-order chi connectivity index (χ1) is 14.8. The maximum Gasteiger partial charge on any atom is 0.276 e. The van der Waals surface area contributed by atoms with Crippen molar-refractivity contribution >= 4 is 68.3 Å². The van der Waals surface area contributed by atoms with Gasteiger partial charge in [-0.3, -0.25) is 25.8 Å². The van der Waals surface area contributed by atoms with Crippen LogP contribution in [0, 0.1) is 0 Å². The minimum absolute atomic E-state index is 0.120. The molecule has 0 aliphatic rings. The molecule has 2 rings (SSSR count). The summed E-state index contributed by atoms with van der Waals surface area (Å²) in [5, 5.41) is 3.06. The third-order valence-electron chi connectivity index (χ3n) is 3.53. The lowest BCUT2D eigenvalue weighted by Gasteiger charge is -2.14. The van der Waals surface area contributed by atoms with E-state index in [1.165, 1.54) is 6.07 Å². The predicted molar refractivity (Wildman–Crippen MR) is 125 cm³/mol. The number of hydrogen-bond donors (Lipinski definition) is 3. The summed E-state index contributed by atoms with van der Waals surface area (Å²) < 4.78 is 16.5. The van der Waals surface area contributed by atoms with Crippen molar-refractivity contribution in [3.63, 3.8) is 0 Å². The predicted octanol–water partition coefficient (Wildman–Crippen LogP) is 3.50. The summed E-state index contributed by atoms with van der Waals surface area (Å²) in [7, 11) is 1.55. The molecular weight excluding hydrogens is 533 g/mol. The maximum absolute atomic E-state index is 12.5. The largest absolute Gasteiger partial charge is 0.490 e. The van der Waals surface area contributed by atoms with Gasteiger partial charge in [0.15, 0.2) is 11.7 Å². The van der Waals surface area contributed by atoms with E-state index in [-0.39, 0.29) is 28.9 Å². The van der Waals surface area contributed by atoms with Gasteiger partial charge >= 0.3 is 0 Å². The summed E-state index contributed by atoms with van der Waals surface area (Å²) in [6.45, 7) is 0.301. The van der Waals surface area contributed by atoms with Gasteiger partial charge in [0.2, 0.25) is 0 Å². The lowest BCUT2D eigenvalue weighted by atomic mass is 10.2. The molecule has 2 aromatic carbocycles. The molecule has 0 unspecified atom stereocenters. The fourth-order valence-electron chi connectivity index (χ4n) is 2.14. The molecule has 0 atom stereocenters. The summed E-state index contributed by atoms with van der Waals surface area (Å²) in [6.07, 6.45) is 0. The molecular formula is C19H18BrCl2N3O5S. The Labute approximate surface area is 202 Å². The van der Waals surface area contributed by atoms with Crippen LogP contribution in [0.4, 0.5) is 0 Å². The van der Waals surface area contributed by atoms with E-state index in [4.69, 9.17) is 49.6 Å². The molecule has 3 N–H and O–H groups in total. The van der Waals surface area contributed by atoms with Crippen LogP contribution in [0.3, 0.4) is 0 Å². The van der Waals surface area contributed by atoms with Crippen LogP contribution in [0.2, 0.25) is 10.0 Å². The quantitative estimate of drug-likeness (QED) is 0.263. The third-order valence-corrected chi connectivity index (χ3v) is 4.75. The van der Waals surface area contributed by atoms with Crippen LogP contribution in [0.25, 0.3) is 0 Å². The Kier molecular flexibility index (Phi) is 10.3. The number of hydrogen-bond acceptors (Lipinski definition) is 6. The maximum atomic E-state index is 12.5. The lowest BCUT2D eigenvalue weighted by Crippen LogP contribution is -2.49. The SMILES string of the molecule is COCCOc1ccc(Br)cc1C(=O)NC(=S)NNC(=O)COc1ccc(Cl)cc1Cl. The molecule has 2 amide bonds. The van der Waals surface area contributed by atoms with Gasteiger partial charge in [0.25, 0.3) is 11.8 Å². The molecule has 0 radical (unpaired) electrons. The zero-order valence-electron chi connectivity index (χ0n) is 16.2. The van der Waals surface area contributed by atoms with Crippen molar-refractivity contribution in [2.75, 3.05) is 26.9 Å². The molecule has 8 nitrogen and oxygen atoms in total. The molecule has 2 aromatic rings. The fraction of sp³-hybridized carbons (Fsp3) is 0.211. The van der Waals surface area contributed by atoms with Crippen LogP contribution in [0.5, 0.6) is 11.5 Å². The highest BCUT2D eigenvalue weighted by atomic mass is 79.9. The van der Waals surface area contributed by atoms with Crippen molar-refractivity contribution in [3.05, 3.63) is 56.5 Å². The third kappa shape index (κ3) is 8.50. The van der Waals surface area contributed by atoms with Crippen LogP contribution >= 0.6 is 51.3 Å². The zero-order chi connectivity index (χ0) is 22.8. The highest BCUT2D eigenvalue weighted by molar-refractivity contribution is 9.10. The van der Waals surface area contributed by atoms with Gasteiger partial charge in [0, 0.05) is 16.6 Å². The average Bonchev–Trinajstić information content (AvgIpc) is 2.72. The lowest BCUT2D eigenvalue weighted by molar-refractivity contribution is -0.123. The number of ether oxygens (including phenoxy) is 3. The Morgan fingerprint density at radius 3 is 2.48 bits per heavy atom. The number of hydrazine groups is 1. The van der Waals surface area contributed by atoms with E-state index >= 15 is 0 Å². The van der Waals surface area contributed by atoms with Gasteiger partial charge in [-0.1, -0.05) is 39.1 Å². The van der Waals surface area contributed by atoms with Crippen LogP contribution in [-0.4, -0.2) is 43.9 Å². The van der Waals surface area contributed by atoms with Crippen LogP contribution in [0.1, 0.15) is 10.4 Å². The van der Waals surface area contributed by atoms with Gasteiger partial charge in [0.1, 0.15) is 18.1 Å². The highest BCUT2D eigenvalue weighted by Crippen LogP contribution is 2.27. The Morgan fingerprint density at radius 2 is 1.77 bits per heavy atom. The summed E-state index contributed by atoms with van der Waals surface area (Å²) in [4.78, 5) is 24.5. The van der Waals surface area contributed by atoms with Gasteiger partial charge in [-0.15, -0.1) is 0 Å². The Morgan fingerprint density at radius 1 is 1.03 bits per heavy atom. The van der Waals surface area contributed by atoms with E-state index in [1.54, 1.807) is 37.4 Å². The fourth-order valence-corrected chi connectivity index (χ4v) is 3.11. The Balaban J connectivity index is 1.84. The average molecular weight is 551 g/mol. The number of carbonyl (C=O) groups excluding carboxylic acids is 2. The first kappa shape index (κ1) is 25.2. The van der Waals surface area contributed by atoms with Gasteiger partial charge < -0.3 is 14.2 Å². The number of carbonyl (C=O) groups is 2. The zero-order valence-corrected chi connectivity index (χ0v) is 20.1. The van der Waals surface area contributed by atoms with Gasteiger partial charge in [-0.25, -0.2) is 0 Å². The van der Waals surface area contributed by atoms with E-state index in [0.717, 1.165) is 0 Å². The number of methoxy groups -OCH3 is 1. The second-order valence-electron chi connectivity index (χ2n) is 5.80. The molecule has 12 heteroatoms. The van der Waals surface area contributed by atoms with E-state index in [9.17, 15) is 9.59 Å². The minimum Gasteiger partial charge on any atom is -0.490 e. The van der Waals surface area contributed by atoms with Gasteiger partial charge in [-0.05, 0) is 48.6 Å². The summed E-state index contributed by atoms with van der Waals surface area (Å²) >= 11 is 20.1. The molecule has 0 fully saturated rings. The van der Waals surface area contributed by atoms with Crippen molar-refractivity contribution in [2.24, 2.45) is 0 Å². The number of nitrogens with one attached hydrogen (secondary N) is 3. The molecule has 0 aliphatic carbocycles. The second kappa shape index (κ2) is 12.7. The van der Waals surface area contributed by atoms with E-state index < -0.39 is 11.8 Å². The Bertz CT molecular complexity index is 964. The summed E-state index contributed by atoms with van der Waals surface area (Å²) in [6, 6.07) is 9.59. The second-order valence-corrected chi connectivity index (χ2v) is 7.97. The van der Waals surface area contributed by atoms with Crippen molar-refractivity contribution in [3.8, 4) is 11.5 Å². The van der Waals surface area contributed by atoms with Gasteiger partial charge in [0.05, 0.1) is 17.2 Å².